The molecule has 0 radical (unpaired) electrons. The smallest absolute Gasteiger partial charge is 0.306 e. The van der Waals surface area contributed by atoms with E-state index in [0.29, 0.717) is 19.4 Å². The number of carboxylic acids is 1. The summed E-state index contributed by atoms with van der Waals surface area (Å²) in [5.41, 5.74) is 0.738. The molecule has 1 aliphatic carbocycles. The molecule has 0 bridgehead atoms. The highest BCUT2D eigenvalue weighted by Crippen LogP contribution is 2.25. The third-order valence-corrected chi connectivity index (χ3v) is 4.11. The van der Waals surface area contributed by atoms with E-state index >= 15 is 0 Å². The number of aliphatic carboxylic acids is 1. The van der Waals surface area contributed by atoms with Crippen LogP contribution in [0.3, 0.4) is 0 Å². The molecule has 2 rings (SSSR count). The van der Waals surface area contributed by atoms with Gasteiger partial charge in [-0.15, -0.1) is 0 Å². The summed E-state index contributed by atoms with van der Waals surface area (Å²) in [5, 5.41) is 12.4. The van der Waals surface area contributed by atoms with Gasteiger partial charge < -0.3 is 10.4 Å². The molecule has 5 heteroatoms. The van der Waals surface area contributed by atoms with Gasteiger partial charge in [-0.3, -0.25) is 4.79 Å². The van der Waals surface area contributed by atoms with Gasteiger partial charge >= 0.3 is 5.97 Å². The molecule has 0 spiro atoms. The highest BCUT2D eigenvalue weighted by atomic mass is 35.5. The van der Waals surface area contributed by atoms with Crippen LogP contribution in [0.1, 0.15) is 31.2 Å². The Kier molecular flexibility index (Phi) is 4.77. The molecule has 3 nitrogen and oxygen atoms in total. The number of carbonyl (C=O) groups is 1. The van der Waals surface area contributed by atoms with Gasteiger partial charge in [0.2, 0.25) is 0 Å². The summed E-state index contributed by atoms with van der Waals surface area (Å²) in [7, 11) is 0. The van der Waals surface area contributed by atoms with Crippen LogP contribution in [0.2, 0.25) is 5.02 Å². The molecule has 0 unspecified atom stereocenters. The lowest BCUT2D eigenvalue weighted by molar-refractivity contribution is -0.142. The van der Waals surface area contributed by atoms with E-state index in [0.717, 1.165) is 18.4 Å². The Morgan fingerprint density at radius 3 is 2.68 bits per heavy atom. The van der Waals surface area contributed by atoms with Crippen LogP contribution in [0.5, 0.6) is 0 Å². The maximum Gasteiger partial charge on any atom is 0.306 e. The molecule has 19 heavy (non-hydrogen) atoms. The van der Waals surface area contributed by atoms with Crippen LogP contribution in [0.4, 0.5) is 4.39 Å². The molecule has 2 N–H and O–H groups in total. The van der Waals surface area contributed by atoms with E-state index in [2.05, 4.69) is 5.32 Å². The number of rotatable bonds is 4. The van der Waals surface area contributed by atoms with Crippen molar-refractivity contribution in [2.45, 2.75) is 38.3 Å². The van der Waals surface area contributed by atoms with E-state index in [4.69, 9.17) is 16.7 Å². The summed E-state index contributed by atoms with van der Waals surface area (Å²) < 4.78 is 13.3. The second kappa shape index (κ2) is 6.35. The highest BCUT2D eigenvalue weighted by molar-refractivity contribution is 6.31. The first-order valence-corrected chi connectivity index (χ1v) is 6.85. The first-order valence-electron chi connectivity index (χ1n) is 6.47. The van der Waals surface area contributed by atoms with Crippen LogP contribution in [0.15, 0.2) is 18.2 Å². The SMILES string of the molecule is O=C(O)C1CCC(NCc2cccc(F)c2Cl)CC1. The third kappa shape index (κ3) is 3.67. The topological polar surface area (TPSA) is 49.3 Å². The van der Waals surface area contributed by atoms with Crippen LogP contribution in [0.25, 0.3) is 0 Å². The summed E-state index contributed by atoms with van der Waals surface area (Å²) in [6.45, 7) is 0.513. The molecule has 0 aliphatic heterocycles. The van der Waals surface area contributed by atoms with Gasteiger partial charge in [0, 0.05) is 12.6 Å². The van der Waals surface area contributed by atoms with Crippen molar-refractivity contribution in [2.75, 3.05) is 0 Å². The number of nitrogens with one attached hydrogen (secondary N) is 1. The van der Waals surface area contributed by atoms with Crippen LogP contribution in [-0.2, 0) is 11.3 Å². The number of halogens is 2. The average molecular weight is 286 g/mol. The van der Waals surface area contributed by atoms with Crippen molar-refractivity contribution in [2.24, 2.45) is 5.92 Å². The number of hydrogen-bond donors (Lipinski definition) is 2. The van der Waals surface area contributed by atoms with Crippen molar-refractivity contribution in [1.82, 2.24) is 5.32 Å². The maximum absolute atomic E-state index is 13.3. The van der Waals surface area contributed by atoms with Gasteiger partial charge in [0.25, 0.3) is 0 Å². The molecule has 1 aromatic carbocycles. The van der Waals surface area contributed by atoms with Crippen molar-refractivity contribution in [3.05, 3.63) is 34.6 Å². The molecule has 1 aromatic rings. The summed E-state index contributed by atoms with van der Waals surface area (Å²) >= 11 is 5.88. The minimum absolute atomic E-state index is 0.161. The van der Waals surface area contributed by atoms with Gasteiger partial charge in [-0.05, 0) is 37.3 Å². The van der Waals surface area contributed by atoms with Gasteiger partial charge in [-0.2, -0.15) is 0 Å². The molecule has 0 amide bonds. The van der Waals surface area contributed by atoms with Gasteiger partial charge in [-0.25, -0.2) is 4.39 Å². The van der Waals surface area contributed by atoms with Crippen molar-refractivity contribution in [3.63, 3.8) is 0 Å². The van der Waals surface area contributed by atoms with Crippen LogP contribution < -0.4 is 5.32 Å². The third-order valence-electron chi connectivity index (χ3n) is 3.69. The normalized spacial score (nSPS) is 23.3. The van der Waals surface area contributed by atoms with Gasteiger partial charge in [0.05, 0.1) is 10.9 Å². The fraction of sp³-hybridized carbons (Fsp3) is 0.500. The lowest BCUT2D eigenvalue weighted by Crippen LogP contribution is -2.34. The number of carboxylic acid groups (broad SMARTS) is 1. The summed E-state index contributed by atoms with van der Waals surface area (Å²) in [6, 6.07) is 5.06. The fourth-order valence-corrected chi connectivity index (χ4v) is 2.68. The summed E-state index contributed by atoms with van der Waals surface area (Å²) in [6.07, 6.45) is 3.07. The second-order valence-electron chi connectivity index (χ2n) is 4.98. The Balaban J connectivity index is 1.84. The molecule has 0 heterocycles. The Bertz CT molecular complexity index is 459. The molecule has 0 atom stereocenters. The van der Waals surface area contributed by atoms with Crippen molar-refractivity contribution in [1.29, 1.82) is 0 Å². The number of benzene rings is 1. The van der Waals surface area contributed by atoms with E-state index in [-0.39, 0.29) is 17.0 Å². The molecule has 104 valence electrons. The lowest BCUT2D eigenvalue weighted by Gasteiger charge is -2.27. The molecule has 0 saturated heterocycles. The van der Waals surface area contributed by atoms with E-state index in [1.165, 1.54) is 6.07 Å². The van der Waals surface area contributed by atoms with Crippen LogP contribution in [-0.4, -0.2) is 17.1 Å². The largest absolute Gasteiger partial charge is 0.481 e. The van der Waals surface area contributed by atoms with Gasteiger partial charge in [0.15, 0.2) is 0 Å². The van der Waals surface area contributed by atoms with E-state index in [1.807, 2.05) is 0 Å². The molecule has 1 saturated carbocycles. The summed E-state index contributed by atoms with van der Waals surface area (Å²) in [5.74, 6) is -1.32. The molecular formula is C14H17ClFNO2. The van der Waals surface area contributed by atoms with Crippen molar-refractivity contribution < 1.29 is 14.3 Å². The summed E-state index contributed by atoms with van der Waals surface area (Å²) in [4.78, 5) is 10.8. The first kappa shape index (κ1) is 14.3. The minimum Gasteiger partial charge on any atom is -0.481 e. The zero-order chi connectivity index (χ0) is 13.8. The number of hydrogen-bond acceptors (Lipinski definition) is 2. The quantitative estimate of drug-likeness (QED) is 0.893. The predicted octanol–water partition coefficient (Wildman–Crippen LogP) is 3.21. The molecule has 0 aromatic heterocycles. The molecule has 1 fully saturated rings. The molecule has 1 aliphatic rings. The average Bonchev–Trinajstić information content (AvgIpc) is 2.41. The fourth-order valence-electron chi connectivity index (χ4n) is 2.48. The lowest BCUT2D eigenvalue weighted by atomic mass is 9.86. The predicted molar refractivity (Wildman–Crippen MR) is 71.6 cm³/mol. The van der Waals surface area contributed by atoms with E-state index in [9.17, 15) is 9.18 Å². The first-order chi connectivity index (χ1) is 9.08. The van der Waals surface area contributed by atoms with Crippen LogP contribution in [0, 0.1) is 11.7 Å². The van der Waals surface area contributed by atoms with Crippen LogP contribution >= 0.6 is 11.6 Å². The monoisotopic (exact) mass is 285 g/mol. The Labute approximate surface area is 116 Å². The molecular weight excluding hydrogens is 269 g/mol. The Hall–Kier alpha value is -1.13. The second-order valence-corrected chi connectivity index (χ2v) is 5.36. The van der Waals surface area contributed by atoms with Crippen molar-refractivity contribution in [3.8, 4) is 0 Å². The van der Waals surface area contributed by atoms with E-state index in [1.54, 1.807) is 12.1 Å². The highest BCUT2D eigenvalue weighted by Gasteiger charge is 2.25. The standard InChI is InChI=1S/C14H17ClFNO2/c15-13-10(2-1-3-12(13)16)8-17-11-6-4-9(5-7-11)14(18)19/h1-3,9,11,17H,4-8H2,(H,18,19). The van der Waals surface area contributed by atoms with Crippen molar-refractivity contribution >= 4 is 17.6 Å². The van der Waals surface area contributed by atoms with Gasteiger partial charge in [-0.1, -0.05) is 23.7 Å². The zero-order valence-corrected chi connectivity index (χ0v) is 11.3. The maximum atomic E-state index is 13.3. The zero-order valence-electron chi connectivity index (χ0n) is 10.5. The Morgan fingerprint density at radius 1 is 1.37 bits per heavy atom. The van der Waals surface area contributed by atoms with E-state index < -0.39 is 11.8 Å². The Morgan fingerprint density at radius 2 is 2.05 bits per heavy atom. The minimum atomic E-state index is -0.702. The van der Waals surface area contributed by atoms with Gasteiger partial charge in [0.1, 0.15) is 5.82 Å².